The zero-order valence-electron chi connectivity index (χ0n) is 16.4. The molecule has 1 heterocycles. The molecule has 1 spiro atoms. The highest BCUT2D eigenvalue weighted by Gasteiger charge is 2.67. The van der Waals surface area contributed by atoms with E-state index in [1.54, 1.807) is 0 Å². The standard InChI is InChI=1S/C23H34O3/c1-4-22(24)12-11-20(2)16(15-22)5-6-17-18(20)7-9-21(3)19(17)8-10-23(21)25-13-14-26-23/h1,16-19,24H,5-15H2,2-3H3/t16-,17-,18+,19-,20+,21+,22-/m1/s1. The van der Waals surface area contributed by atoms with Crippen LogP contribution in [0.2, 0.25) is 0 Å². The van der Waals surface area contributed by atoms with E-state index >= 15 is 0 Å². The zero-order chi connectivity index (χ0) is 18.2. The molecular formula is C23H34O3. The van der Waals surface area contributed by atoms with Crippen molar-refractivity contribution in [3.05, 3.63) is 0 Å². The molecular weight excluding hydrogens is 324 g/mol. The Morgan fingerprint density at radius 1 is 0.923 bits per heavy atom. The number of rotatable bonds is 0. The van der Waals surface area contributed by atoms with Crippen LogP contribution < -0.4 is 0 Å². The van der Waals surface area contributed by atoms with Crippen molar-refractivity contribution < 1.29 is 14.6 Å². The second-order valence-corrected chi connectivity index (χ2v) is 10.5. The summed E-state index contributed by atoms with van der Waals surface area (Å²) in [5, 5.41) is 10.7. The molecule has 5 rings (SSSR count). The van der Waals surface area contributed by atoms with Gasteiger partial charge < -0.3 is 14.6 Å². The highest BCUT2D eigenvalue weighted by Crippen LogP contribution is 2.69. The van der Waals surface area contributed by atoms with Crippen LogP contribution in [-0.4, -0.2) is 29.7 Å². The van der Waals surface area contributed by atoms with Crippen LogP contribution in [0, 0.1) is 46.8 Å². The molecule has 0 aromatic heterocycles. The summed E-state index contributed by atoms with van der Waals surface area (Å²) in [4.78, 5) is 0. The lowest BCUT2D eigenvalue weighted by molar-refractivity contribution is -0.248. The van der Waals surface area contributed by atoms with Crippen molar-refractivity contribution in [3.8, 4) is 12.3 Å². The fourth-order valence-corrected chi connectivity index (χ4v) is 8.26. The minimum atomic E-state index is -0.858. The predicted octanol–water partition coefficient (Wildman–Crippen LogP) is 4.14. The molecule has 1 aliphatic heterocycles. The van der Waals surface area contributed by atoms with Gasteiger partial charge in [-0.1, -0.05) is 19.8 Å². The van der Waals surface area contributed by atoms with E-state index in [2.05, 4.69) is 19.8 Å². The average molecular weight is 359 g/mol. The first kappa shape index (κ1) is 17.5. The topological polar surface area (TPSA) is 38.7 Å². The van der Waals surface area contributed by atoms with Gasteiger partial charge in [-0.2, -0.15) is 0 Å². The van der Waals surface area contributed by atoms with Gasteiger partial charge in [-0.15, -0.1) is 6.42 Å². The van der Waals surface area contributed by atoms with E-state index in [-0.39, 0.29) is 11.2 Å². The number of hydrogen-bond acceptors (Lipinski definition) is 3. The maximum absolute atomic E-state index is 10.7. The fourth-order valence-electron chi connectivity index (χ4n) is 8.26. The fraction of sp³-hybridized carbons (Fsp3) is 0.913. The number of hydrogen-bond donors (Lipinski definition) is 1. The molecule has 3 nitrogen and oxygen atoms in total. The Morgan fingerprint density at radius 2 is 1.65 bits per heavy atom. The van der Waals surface area contributed by atoms with Gasteiger partial charge in [0.2, 0.25) is 0 Å². The Hall–Kier alpha value is -0.560. The van der Waals surface area contributed by atoms with Crippen molar-refractivity contribution in [3.63, 3.8) is 0 Å². The molecule has 0 aromatic rings. The quantitative estimate of drug-likeness (QED) is 0.662. The predicted molar refractivity (Wildman–Crippen MR) is 100 cm³/mol. The molecule has 0 amide bonds. The third-order valence-corrected chi connectivity index (χ3v) is 9.79. The average Bonchev–Trinajstić information content (AvgIpc) is 3.22. The van der Waals surface area contributed by atoms with Crippen LogP contribution in [0.1, 0.15) is 71.6 Å². The summed E-state index contributed by atoms with van der Waals surface area (Å²) in [5.74, 6) is 5.28. The third kappa shape index (κ3) is 2.07. The first-order valence-electron chi connectivity index (χ1n) is 10.8. The molecule has 7 atom stereocenters. The minimum Gasteiger partial charge on any atom is -0.378 e. The molecule has 3 heteroatoms. The lowest BCUT2D eigenvalue weighted by Gasteiger charge is -2.62. The normalized spacial score (nSPS) is 55.0. The van der Waals surface area contributed by atoms with E-state index in [1.807, 2.05) is 0 Å². The van der Waals surface area contributed by atoms with Gasteiger partial charge in [0.25, 0.3) is 0 Å². The van der Waals surface area contributed by atoms with Gasteiger partial charge in [0.05, 0.1) is 13.2 Å². The summed E-state index contributed by atoms with van der Waals surface area (Å²) in [5.41, 5.74) is -0.328. The van der Waals surface area contributed by atoms with Gasteiger partial charge in [-0.25, -0.2) is 0 Å². The number of fused-ring (bicyclic) bond motifs is 6. The molecule has 26 heavy (non-hydrogen) atoms. The number of terminal acetylenes is 1. The van der Waals surface area contributed by atoms with E-state index < -0.39 is 5.60 Å². The van der Waals surface area contributed by atoms with Crippen molar-refractivity contribution in [1.82, 2.24) is 0 Å². The van der Waals surface area contributed by atoms with Crippen molar-refractivity contribution in [2.24, 2.45) is 34.5 Å². The number of ether oxygens (including phenoxy) is 2. The minimum absolute atomic E-state index is 0.183. The van der Waals surface area contributed by atoms with Crippen LogP contribution in [0.4, 0.5) is 0 Å². The summed E-state index contributed by atoms with van der Waals surface area (Å²) >= 11 is 0. The van der Waals surface area contributed by atoms with Crippen molar-refractivity contribution in [2.75, 3.05) is 13.2 Å². The highest BCUT2D eigenvalue weighted by atomic mass is 16.7. The monoisotopic (exact) mass is 358 g/mol. The van der Waals surface area contributed by atoms with Crippen LogP contribution in [0.15, 0.2) is 0 Å². The Bertz CT molecular complexity index is 632. The van der Waals surface area contributed by atoms with Crippen LogP contribution in [-0.2, 0) is 9.47 Å². The molecule has 0 bridgehead atoms. The van der Waals surface area contributed by atoms with E-state index in [4.69, 9.17) is 15.9 Å². The molecule has 4 saturated carbocycles. The van der Waals surface area contributed by atoms with E-state index in [0.29, 0.717) is 11.3 Å². The maximum Gasteiger partial charge on any atom is 0.174 e. The first-order valence-corrected chi connectivity index (χ1v) is 10.8. The highest BCUT2D eigenvalue weighted by molar-refractivity contribution is 5.17. The lowest BCUT2D eigenvalue weighted by Crippen LogP contribution is -2.58. The molecule has 0 radical (unpaired) electrons. The molecule has 144 valence electrons. The van der Waals surface area contributed by atoms with E-state index in [9.17, 15) is 5.11 Å². The molecule has 5 fully saturated rings. The molecule has 0 aromatic carbocycles. The lowest BCUT2D eigenvalue weighted by atomic mass is 9.44. The molecule has 1 saturated heterocycles. The Labute approximate surface area is 158 Å². The van der Waals surface area contributed by atoms with Crippen molar-refractivity contribution in [1.29, 1.82) is 0 Å². The second kappa shape index (κ2) is 5.49. The molecule has 4 aliphatic carbocycles. The summed E-state index contributed by atoms with van der Waals surface area (Å²) < 4.78 is 12.5. The van der Waals surface area contributed by atoms with Gasteiger partial charge in [0.1, 0.15) is 5.60 Å². The largest absolute Gasteiger partial charge is 0.378 e. The van der Waals surface area contributed by atoms with Crippen LogP contribution in [0.5, 0.6) is 0 Å². The Kier molecular flexibility index (Phi) is 3.70. The van der Waals surface area contributed by atoms with Gasteiger partial charge in [-0.05, 0) is 80.5 Å². The third-order valence-electron chi connectivity index (χ3n) is 9.79. The Morgan fingerprint density at radius 3 is 2.38 bits per heavy atom. The first-order chi connectivity index (χ1) is 12.4. The zero-order valence-corrected chi connectivity index (χ0v) is 16.4. The number of aliphatic hydroxyl groups is 1. The van der Waals surface area contributed by atoms with Crippen LogP contribution >= 0.6 is 0 Å². The summed E-state index contributed by atoms with van der Waals surface area (Å²) in [6.07, 6.45) is 15.7. The van der Waals surface area contributed by atoms with Gasteiger partial charge in [0.15, 0.2) is 5.79 Å². The van der Waals surface area contributed by atoms with Gasteiger partial charge in [0, 0.05) is 11.8 Å². The summed E-state index contributed by atoms with van der Waals surface area (Å²) in [6, 6.07) is 0. The van der Waals surface area contributed by atoms with Crippen LogP contribution in [0.3, 0.4) is 0 Å². The van der Waals surface area contributed by atoms with E-state index in [1.165, 1.54) is 32.1 Å². The SMILES string of the molecule is C#C[C@@]1(O)CC[C@@]2(C)[C@H](CC[C@H]3[C@H]4CCC5(OCCO5)[C@@]4(C)CC[C@@H]32)C1. The van der Waals surface area contributed by atoms with Crippen molar-refractivity contribution in [2.45, 2.75) is 83.0 Å². The second-order valence-electron chi connectivity index (χ2n) is 10.5. The molecule has 0 unspecified atom stereocenters. The van der Waals surface area contributed by atoms with Gasteiger partial charge in [-0.3, -0.25) is 0 Å². The Balaban J connectivity index is 1.43. The van der Waals surface area contributed by atoms with Gasteiger partial charge >= 0.3 is 0 Å². The van der Waals surface area contributed by atoms with Crippen LogP contribution in [0.25, 0.3) is 0 Å². The van der Waals surface area contributed by atoms with E-state index in [0.717, 1.165) is 56.7 Å². The molecule has 5 aliphatic rings. The van der Waals surface area contributed by atoms with Crippen molar-refractivity contribution >= 4 is 0 Å². The maximum atomic E-state index is 10.7. The molecule has 1 N–H and O–H groups in total. The summed E-state index contributed by atoms with van der Waals surface area (Å²) in [6.45, 7) is 6.50. The smallest absolute Gasteiger partial charge is 0.174 e. The summed E-state index contributed by atoms with van der Waals surface area (Å²) in [7, 11) is 0.